The van der Waals surface area contributed by atoms with E-state index in [0.717, 1.165) is 11.3 Å². The summed E-state index contributed by atoms with van der Waals surface area (Å²) in [4.78, 5) is 12.0. The first-order valence-corrected chi connectivity index (χ1v) is 7.71. The molecule has 1 atom stereocenters. The van der Waals surface area contributed by atoms with E-state index in [9.17, 15) is 13.6 Å². The van der Waals surface area contributed by atoms with Crippen LogP contribution in [-0.4, -0.2) is 24.4 Å². The zero-order chi connectivity index (χ0) is 17.0. The van der Waals surface area contributed by atoms with Gasteiger partial charge in [-0.3, -0.25) is 10.1 Å². The van der Waals surface area contributed by atoms with Crippen molar-refractivity contribution in [2.75, 3.05) is 11.9 Å². The zero-order valence-electron chi connectivity index (χ0n) is 13.0. The summed E-state index contributed by atoms with van der Waals surface area (Å²) in [6.45, 7) is -0.0461. The molecule has 0 aliphatic carbocycles. The molecule has 1 heterocycles. The van der Waals surface area contributed by atoms with Crippen LogP contribution in [0.15, 0.2) is 54.6 Å². The maximum absolute atomic E-state index is 13.1. The van der Waals surface area contributed by atoms with E-state index in [0.29, 0.717) is 12.3 Å². The van der Waals surface area contributed by atoms with Crippen molar-refractivity contribution in [1.29, 1.82) is 0 Å². The molecule has 0 spiro atoms. The maximum atomic E-state index is 13.1. The molecule has 1 saturated heterocycles. The van der Waals surface area contributed by atoms with Crippen molar-refractivity contribution in [2.24, 2.45) is 0 Å². The van der Waals surface area contributed by atoms with E-state index < -0.39 is 30.8 Å². The fraction of sp³-hybridized carbons (Fsp3) is 0.278. The number of benzene rings is 2. The molecule has 2 aromatic carbocycles. The molecule has 126 valence electrons. The van der Waals surface area contributed by atoms with Crippen molar-refractivity contribution in [3.8, 4) is 5.75 Å². The molecule has 3 rings (SSSR count). The molecule has 6 heteroatoms. The summed E-state index contributed by atoms with van der Waals surface area (Å²) >= 11 is 0. The van der Waals surface area contributed by atoms with Gasteiger partial charge in [-0.25, -0.2) is 8.78 Å². The van der Waals surface area contributed by atoms with Crippen LogP contribution in [0.3, 0.4) is 0 Å². The quantitative estimate of drug-likeness (QED) is 0.884. The summed E-state index contributed by atoms with van der Waals surface area (Å²) in [6.07, 6.45) is -0.470. The van der Waals surface area contributed by atoms with E-state index in [2.05, 4.69) is 10.6 Å². The highest BCUT2D eigenvalue weighted by Crippen LogP contribution is 2.25. The molecule has 24 heavy (non-hydrogen) atoms. The van der Waals surface area contributed by atoms with Gasteiger partial charge in [0, 0.05) is 12.1 Å². The highest BCUT2D eigenvalue weighted by Gasteiger charge is 2.42. The molecule has 0 bridgehead atoms. The van der Waals surface area contributed by atoms with E-state index in [4.69, 9.17) is 4.74 Å². The largest absolute Gasteiger partial charge is 0.489 e. The van der Waals surface area contributed by atoms with Crippen molar-refractivity contribution < 1.29 is 18.3 Å². The van der Waals surface area contributed by atoms with Gasteiger partial charge < -0.3 is 10.1 Å². The predicted molar refractivity (Wildman–Crippen MR) is 87.2 cm³/mol. The lowest BCUT2D eigenvalue weighted by Gasteiger charge is -2.12. The highest BCUT2D eigenvalue weighted by molar-refractivity contribution is 5.95. The molecule has 0 aromatic heterocycles. The van der Waals surface area contributed by atoms with Gasteiger partial charge >= 0.3 is 0 Å². The van der Waals surface area contributed by atoms with Gasteiger partial charge in [-0.05, 0) is 29.8 Å². The summed E-state index contributed by atoms with van der Waals surface area (Å²) in [7, 11) is 0. The summed E-state index contributed by atoms with van der Waals surface area (Å²) in [5.41, 5.74) is 1.52. The Kier molecular flexibility index (Phi) is 4.76. The Hall–Kier alpha value is -2.47. The molecule has 1 unspecified atom stereocenters. The highest BCUT2D eigenvalue weighted by atomic mass is 19.3. The number of carbonyl (C=O) groups is 1. The van der Waals surface area contributed by atoms with Crippen LogP contribution in [0.2, 0.25) is 0 Å². The molecule has 0 radical (unpaired) electrons. The molecule has 1 amide bonds. The molecule has 4 nitrogen and oxygen atoms in total. The predicted octanol–water partition coefficient (Wildman–Crippen LogP) is 3.20. The lowest BCUT2D eigenvalue weighted by atomic mass is 10.1. The van der Waals surface area contributed by atoms with Gasteiger partial charge in [-0.1, -0.05) is 30.3 Å². The molecule has 2 N–H and O–H groups in total. The van der Waals surface area contributed by atoms with E-state index >= 15 is 0 Å². The Balaban J connectivity index is 1.52. The number of ether oxygens (including phenoxy) is 1. The number of hydrogen-bond donors (Lipinski definition) is 2. The van der Waals surface area contributed by atoms with Crippen LogP contribution in [-0.2, 0) is 11.4 Å². The minimum Gasteiger partial charge on any atom is -0.489 e. The Morgan fingerprint density at radius 1 is 1.17 bits per heavy atom. The number of hydrogen-bond acceptors (Lipinski definition) is 3. The molecule has 2 aromatic rings. The van der Waals surface area contributed by atoms with Crippen molar-refractivity contribution in [3.63, 3.8) is 0 Å². The van der Waals surface area contributed by atoms with Crippen LogP contribution in [0.4, 0.5) is 14.5 Å². The second-order valence-electron chi connectivity index (χ2n) is 5.78. The Bertz CT molecular complexity index is 690. The molecular formula is C18H18F2N2O2. The maximum Gasteiger partial charge on any atom is 0.262 e. The second kappa shape index (κ2) is 6.97. The third-order valence-corrected chi connectivity index (χ3v) is 3.80. The molecule has 1 aliphatic heterocycles. The average molecular weight is 332 g/mol. The number of alkyl halides is 2. The third-order valence-electron chi connectivity index (χ3n) is 3.80. The summed E-state index contributed by atoms with van der Waals surface area (Å²) in [5, 5.41) is 5.18. The van der Waals surface area contributed by atoms with Crippen molar-refractivity contribution in [2.45, 2.75) is 25.0 Å². The first kappa shape index (κ1) is 16.4. The van der Waals surface area contributed by atoms with Crippen molar-refractivity contribution >= 4 is 11.6 Å². The number of carbonyl (C=O) groups excluding carboxylic acids is 1. The van der Waals surface area contributed by atoms with Gasteiger partial charge in [-0.2, -0.15) is 0 Å². The summed E-state index contributed by atoms with van der Waals surface area (Å²) < 4.78 is 31.9. The van der Waals surface area contributed by atoms with Gasteiger partial charge in [0.2, 0.25) is 5.91 Å². The van der Waals surface area contributed by atoms with Gasteiger partial charge in [0.25, 0.3) is 5.92 Å². The molecule has 0 saturated carbocycles. The number of amides is 1. The SMILES string of the molecule is O=C(Nc1ccc(COc2ccccc2)cc1)C1CC(F)(F)CN1. The molecule has 1 fully saturated rings. The minimum absolute atomic E-state index is 0.411. The van der Waals surface area contributed by atoms with Crippen LogP contribution >= 0.6 is 0 Å². The van der Waals surface area contributed by atoms with Crippen LogP contribution in [0.1, 0.15) is 12.0 Å². The first-order chi connectivity index (χ1) is 11.5. The molecule has 1 aliphatic rings. The fourth-order valence-corrected chi connectivity index (χ4v) is 2.50. The number of para-hydroxylation sites is 1. The molecular weight excluding hydrogens is 314 g/mol. The lowest BCUT2D eigenvalue weighted by Crippen LogP contribution is -2.35. The van der Waals surface area contributed by atoms with Gasteiger partial charge in [0.1, 0.15) is 12.4 Å². The van der Waals surface area contributed by atoms with E-state index in [1.165, 1.54) is 0 Å². The van der Waals surface area contributed by atoms with Gasteiger partial charge in [-0.15, -0.1) is 0 Å². The fourth-order valence-electron chi connectivity index (χ4n) is 2.50. The van der Waals surface area contributed by atoms with Gasteiger partial charge in [0.15, 0.2) is 0 Å². The number of halogens is 2. The Morgan fingerprint density at radius 2 is 1.88 bits per heavy atom. The van der Waals surface area contributed by atoms with Crippen LogP contribution in [0.5, 0.6) is 5.75 Å². The van der Waals surface area contributed by atoms with Crippen molar-refractivity contribution in [3.05, 3.63) is 60.2 Å². The third kappa shape index (κ3) is 4.29. The first-order valence-electron chi connectivity index (χ1n) is 7.71. The Morgan fingerprint density at radius 3 is 2.50 bits per heavy atom. The average Bonchev–Trinajstić information content (AvgIpc) is 2.95. The van der Waals surface area contributed by atoms with Crippen LogP contribution in [0, 0.1) is 0 Å². The number of rotatable bonds is 5. The Labute approximate surface area is 138 Å². The van der Waals surface area contributed by atoms with E-state index in [-0.39, 0.29) is 0 Å². The van der Waals surface area contributed by atoms with Crippen LogP contribution < -0.4 is 15.4 Å². The lowest BCUT2D eigenvalue weighted by molar-refractivity contribution is -0.118. The number of nitrogens with one attached hydrogen (secondary N) is 2. The topological polar surface area (TPSA) is 50.4 Å². The van der Waals surface area contributed by atoms with Gasteiger partial charge in [0.05, 0.1) is 12.6 Å². The normalized spacial score (nSPS) is 19.0. The second-order valence-corrected chi connectivity index (χ2v) is 5.78. The van der Waals surface area contributed by atoms with E-state index in [1.54, 1.807) is 12.1 Å². The smallest absolute Gasteiger partial charge is 0.262 e. The van der Waals surface area contributed by atoms with Crippen molar-refractivity contribution in [1.82, 2.24) is 5.32 Å². The minimum atomic E-state index is -2.82. The monoisotopic (exact) mass is 332 g/mol. The zero-order valence-corrected chi connectivity index (χ0v) is 13.0. The van der Waals surface area contributed by atoms with Crippen LogP contribution in [0.25, 0.3) is 0 Å². The summed E-state index contributed by atoms with van der Waals surface area (Å²) in [5.74, 6) is -2.48. The van der Waals surface area contributed by atoms with E-state index in [1.807, 2.05) is 42.5 Å². The number of anilines is 1. The summed E-state index contributed by atoms with van der Waals surface area (Å²) in [6, 6.07) is 15.7. The standard InChI is InChI=1S/C18H18F2N2O2/c19-18(20)10-16(21-12-18)17(23)22-14-8-6-13(7-9-14)11-24-15-4-2-1-3-5-15/h1-9,16,21H,10-12H2,(H,22,23).